The number of hydrogen-bond acceptors (Lipinski definition) is 5. The molecule has 5 heteroatoms. The minimum absolute atomic E-state index is 0.0204. The van der Waals surface area contributed by atoms with Crippen molar-refractivity contribution in [2.75, 3.05) is 14.2 Å². The van der Waals surface area contributed by atoms with Gasteiger partial charge < -0.3 is 9.47 Å². The molecule has 0 spiro atoms. The molecule has 0 saturated heterocycles. The number of carbonyl (C=O) groups is 1. The molecule has 1 fully saturated rings. The molecule has 0 N–H and O–H groups in total. The predicted octanol–water partition coefficient (Wildman–Crippen LogP) is 2.26. The van der Waals surface area contributed by atoms with Crippen molar-refractivity contribution in [1.29, 1.82) is 0 Å². The molecule has 1 aromatic heterocycles. The number of methoxy groups -OCH3 is 2. The van der Waals surface area contributed by atoms with Gasteiger partial charge in [-0.15, -0.1) is 0 Å². The Balaban J connectivity index is 2.35. The van der Waals surface area contributed by atoms with E-state index in [9.17, 15) is 4.79 Å². The Hall–Kier alpha value is -1.65. The zero-order valence-corrected chi connectivity index (χ0v) is 11.0. The maximum Gasteiger partial charge on any atom is 0.246 e. The second-order valence-corrected chi connectivity index (χ2v) is 4.87. The molecule has 1 saturated carbocycles. The van der Waals surface area contributed by atoms with Crippen LogP contribution in [0.3, 0.4) is 0 Å². The highest BCUT2D eigenvalue weighted by molar-refractivity contribution is 6.00. The molecule has 0 amide bonds. The Bertz CT molecular complexity index is 454. The van der Waals surface area contributed by atoms with E-state index in [2.05, 4.69) is 9.97 Å². The smallest absolute Gasteiger partial charge is 0.246 e. The molecule has 0 aliphatic heterocycles. The summed E-state index contributed by atoms with van der Waals surface area (Å²) in [6.45, 7) is 1.99. The Kier molecular flexibility index (Phi) is 3.50. The molecule has 18 heavy (non-hydrogen) atoms. The first-order valence-corrected chi connectivity index (χ1v) is 6.10. The van der Waals surface area contributed by atoms with Crippen LogP contribution >= 0.6 is 0 Å². The summed E-state index contributed by atoms with van der Waals surface area (Å²) >= 11 is 0. The first-order chi connectivity index (χ1) is 8.60. The van der Waals surface area contributed by atoms with Gasteiger partial charge in [-0.25, -0.2) is 4.98 Å². The van der Waals surface area contributed by atoms with Crippen LogP contribution in [0, 0.1) is 5.41 Å². The Morgan fingerprint density at radius 2 is 1.94 bits per heavy atom. The van der Waals surface area contributed by atoms with Crippen molar-refractivity contribution < 1.29 is 14.3 Å². The molecule has 1 aliphatic rings. The van der Waals surface area contributed by atoms with E-state index in [1.54, 1.807) is 0 Å². The lowest BCUT2D eigenvalue weighted by Gasteiger charge is -2.21. The van der Waals surface area contributed by atoms with E-state index in [1.165, 1.54) is 20.4 Å². The summed E-state index contributed by atoms with van der Waals surface area (Å²) in [5, 5.41) is 0. The summed E-state index contributed by atoms with van der Waals surface area (Å²) in [6.07, 6.45) is 5.45. The van der Waals surface area contributed by atoms with Crippen LogP contribution in [-0.4, -0.2) is 30.0 Å². The van der Waals surface area contributed by atoms with E-state index >= 15 is 0 Å². The highest BCUT2D eigenvalue weighted by Gasteiger charge is 2.39. The van der Waals surface area contributed by atoms with Crippen LogP contribution in [0.1, 0.15) is 43.1 Å². The van der Waals surface area contributed by atoms with Crippen molar-refractivity contribution in [2.24, 2.45) is 5.41 Å². The van der Waals surface area contributed by atoms with E-state index < -0.39 is 0 Å². The van der Waals surface area contributed by atoms with Crippen LogP contribution < -0.4 is 9.47 Å². The van der Waals surface area contributed by atoms with Gasteiger partial charge in [0, 0.05) is 5.41 Å². The number of Topliss-reactive ketones (excluding diaryl/α,β-unsaturated/α-hetero) is 1. The standard InChI is InChI=1S/C13H18N2O3/c1-13(6-4-5-7-13)11(16)10-12(18-3)15-9(17-2)8-14-10/h8H,4-7H2,1-3H3. The summed E-state index contributed by atoms with van der Waals surface area (Å²) in [4.78, 5) is 20.8. The summed E-state index contributed by atoms with van der Waals surface area (Å²) in [7, 11) is 2.99. The molecular formula is C13H18N2O3. The number of carbonyl (C=O) groups excluding carboxylic acids is 1. The second-order valence-electron chi connectivity index (χ2n) is 4.87. The van der Waals surface area contributed by atoms with Gasteiger partial charge in [0.05, 0.1) is 20.4 Å². The van der Waals surface area contributed by atoms with Crippen LogP contribution in [0.5, 0.6) is 11.8 Å². The molecule has 1 aromatic rings. The topological polar surface area (TPSA) is 61.3 Å². The van der Waals surface area contributed by atoms with Gasteiger partial charge in [-0.3, -0.25) is 4.79 Å². The van der Waals surface area contributed by atoms with Gasteiger partial charge >= 0.3 is 0 Å². The summed E-state index contributed by atoms with van der Waals surface area (Å²) in [5.74, 6) is 0.611. The molecule has 1 aliphatic carbocycles. The van der Waals surface area contributed by atoms with Crippen LogP contribution in [0.25, 0.3) is 0 Å². The third kappa shape index (κ3) is 2.17. The molecule has 5 nitrogen and oxygen atoms in total. The fourth-order valence-electron chi connectivity index (χ4n) is 2.42. The number of ether oxygens (including phenoxy) is 2. The van der Waals surface area contributed by atoms with Crippen molar-refractivity contribution in [2.45, 2.75) is 32.6 Å². The van der Waals surface area contributed by atoms with Crippen LogP contribution in [0.4, 0.5) is 0 Å². The maximum atomic E-state index is 12.5. The SMILES string of the molecule is COc1cnc(C(=O)C2(C)CCCC2)c(OC)n1. The minimum Gasteiger partial charge on any atom is -0.480 e. The first-order valence-electron chi connectivity index (χ1n) is 6.10. The lowest BCUT2D eigenvalue weighted by molar-refractivity contribution is 0.0813. The number of aromatic nitrogens is 2. The number of rotatable bonds is 4. The van der Waals surface area contributed by atoms with Gasteiger partial charge in [0.25, 0.3) is 0 Å². The van der Waals surface area contributed by atoms with Gasteiger partial charge in [-0.1, -0.05) is 19.8 Å². The molecule has 1 heterocycles. The van der Waals surface area contributed by atoms with Crippen molar-refractivity contribution in [3.05, 3.63) is 11.9 Å². The molecule has 0 radical (unpaired) electrons. The summed E-state index contributed by atoms with van der Waals surface area (Å²) in [5.41, 5.74) is -0.0148. The van der Waals surface area contributed by atoms with Gasteiger partial charge in [0.1, 0.15) is 0 Å². The molecule has 0 atom stereocenters. The maximum absolute atomic E-state index is 12.5. The average Bonchev–Trinajstić information content (AvgIpc) is 2.85. The molecule has 0 bridgehead atoms. The van der Waals surface area contributed by atoms with Crippen LogP contribution in [0.2, 0.25) is 0 Å². The molecular weight excluding hydrogens is 232 g/mol. The van der Waals surface area contributed by atoms with Crippen molar-refractivity contribution in [3.8, 4) is 11.8 Å². The zero-order chi connectivity index (χ0) is 13.2. The van der Waals surface area contributed by atoms with E-state index in [1.807, 2.05) is 6.92 Å². The fraction of sp³-hybridized carbons (Fsp3) is 0.615. The number of nitrogens with zero attached hydrogens (tertiary/aromatic N) is 2. The van der Waals surface area contributed by atoms with Crippen LogP contribution in [0.15, 0.2) is 6.20 Å². The predicted molar refractivity (Wildman–Crippen MR) is 66.0 cm³/mol. The Morgan fingerprint density at radius 3 is 2.50 bits per heavy atom. The number of ketones is 1. The van der Waals surface area contributed by atoms with E-state index in [0.29, 0.717) is 11.6 Å². The lowest BCUT2D eigenvalue weighted by Crippen LogP contribution is -2.26. The highest BCUT2D eigenvalue weighted by Crippen LogP contribution is 2.41. The Labute approximate surface area is 107 Å². The highest BCUT2D eigenvalue weighted by atomic mass is 16.5. The van der Waals surface area contributed by atoms with Gasteiger partial charge in [0.15, 0.2) is 11.5 Å². The van der Waals surface area contributed by atoms with E-state index in [0.717, 1.165) is 25.7 Å². The average molecular weight is 250 g/mol. The first kappa shape index (κ1) is 12.8. The van der Waals surface area contributed by atoms with E-state index in [-0.39, 0.29) is 17.1 Å². The zero-order valence-electron chi connectivity index (χ0n) is 11.0. The quantitative estimate of drug-likeness (QED) is 0.767. The van der Waals surface area contributed by atoms with Crippen molar-refractivity contribution >= 4 is 5.78 Å². The van der Waals surface area contributed by atoms with Crippen molar-refractivity contribution in [3.63, 3.8) is 0 Å². The number of hydrogen-bond donors (Lipinski definition) is 0. The Morgan fingerprint density at radius 1 is 1.28 bits per heavy atom. The van der Waals surface area contributed by atoms with Crippen molar-refractivity contribution in [1.82, 2.24) is 9.97 Å². The lowest BCUT2D eigenvalue weighted by atomic mass is 9.82. The van der Waals surface area contributed by atoms with Gasteiger partial charge in [-0.2, -0.15) is 4.98 Å². The molecule has 0 aromatic carbocycles. The largest absolute Gasteiger partial charge is 0.480 e. The second kappa shape index (κ2) is 4.92. The van der Waals surface area contributed by atoms with Gasteiger partial charge in [-0.05, 0) is 12.8 Å². The normalized spacial score (nSPS) is 17.5. The van der Waals surface area contributed by atoms with Gasteiger partial charge in [0.2, 0.25) is 11.8 Å². The summed E-state index contributed by atoms with van der Waals surface area (Å²) < 4.78 is 10.1. The summed E-state index contributed by atoms with van der Waals surface area (Å²) in [6, 6.07) is 0. The molecule has 2 rings (SSSR count). The minimum atomic E-state index is -0.323. The third-order valence-electron chi connectivity index (χ3n) is 3.59. The third-order valence-corrected chi connectivity index (χ3v) is 3.59. The van der Waals surface area contributed by atoms with Crippen LogP contribution in [-0.2, 0) is 0 Å². The van der Waals surface area contributed by atoms with E-state index in [4.69, 9.17) is 9.47 Å². The molecule has 0 unspecified atom stereocenters. The monoisotopic (exact) mass is 250 g/mol. The molecule has 98 valence electrons. The fourth-order valence-corrected chi connectivity index (χ4v) is 2.42.